The standard InChI is InChI=1S/C31H34F4O2/c1-3-5-6-18-36-27-17-15-24(29(33)31(27)35)22-11-9-21(10-12-22)23-13-14-25(30(34)28(23)32)26-16-8-20(7-4-2)19-37-26/h9-15,17,20,26H,3-8,16,18-19H2,1-2H3. The Balaban J connectivity index is 1.50. The van der Waals surface area contributed by atoms with Crippen molar-refractivity contribution >= 4 is 0 Å². The van der Waals surface area contributed by atoms with Gasteiger partial charge in [0.25, 0.3) is 0 Å². The fraction of sp³-hybridized carbons (Fsp3) is 0.419. The first kappa shape index (κ1) is 27.2. The summed E-state index contributed by atoms with van der Waals surface area (Å²) in [5, 5.41) is 0. The first-order valence-electron chi connectivity index (χ1n) is 13.3. The van der Waals surface area contributed by atoms with Gasteiger partial charge in [0.05, 0.1) is 19.3 Å². The van der Waals surface area contributed by atoms with Crippen LogP contribution in [0.1, 0.15) is 70.5 Å². The summed E-state index contributed by atoms with van der Waals surface area (Å²) < 4.78 is 70.7. The molecule has 1 saturated heterocycles. The van der Waals surface area contributed by atoms with Crippen molar-refractivity contribution < 1.29 is 27.0 Å². The van der Waals surface area contributed by atoms with Gasteiger partial charge in [-0.15, -0.1) is 0 Å². The van der Waals surface area contributed by atoms with E-state index in [1.807, 2.05) is 0 Å². The molecule has 37 heavy (non-hydrogen) atoms. The zero-order valence-electron chi connectivity index (χ0n) is 21.5. The van der Waals surface area contributed by atoms with E-state index < -0.39 is 29.4 Å². The molecule has 1 fully saturated rings. The average Bonchev–Trinajstić information content (AvgIpc) is 2.91. The minimum Gasteiger partial charge on any atom is -0.490 e. The van der Waals surface area contributed by atoms with Crippen LogP contribution in [0.25, 0.3) is 22.3 Å². The van der Waals surface area contributed by atoms with Crippen molar-refractivity contribution in [2.75, 3.05) is 13.2 Å². The van der Waals surface area contributed by atoms with E-state index in [2.05, 4.69) is 13.8 Å². The lowest BCUT2D eigenvalue weighted by atomic mass is 9.90. The zero-order valence-corrected chi connectivity index (χ0v) is 21.5. The molecule has 0 radical (unpaired) electrons. The van der Waals surface area contributed by atoms with Gasteiger partial charge < -0.3 is 9.47 Å². The first-order chi connectivity index (χ1) is 17.9. The maximum absolute atomic E-state index is 15.1. The van der Waals surface area contributed by atoms with Crippen LogP contribution in [-0.4, -0.2) is 13.2 Å². The summed E-state index contributed by atoms with van der Waals surface area (Å²) in [4.78, 5) is 0. The van der Waals surface area contributed by atoms with Gasteiger partial charge in [-0.05, 0) is 54.9 Å². The minimum absolute atomic E-state index is 0.0720. The number of halogens is 4. The van der Waals surface area contributed by atoms with Gasteiger partial charge in [-0.1, -0.05) is 69.5 Å². The van der Waals surface area contributed by atoms with Crippen LogP contribution in [0.3, 0.4) is 0 Å². The average molecular weight is 515 g/mol. The molecule has 2 atom stereocenters. The Bertz CT molecular complexity index is 1180. The summed E-state index contributed by atoms with van der Waals surface area (Å²) in [6, 6.07) is 12.3. The van der Waals surface area contributed by atoms with E-state index in [0.717, 1.165) is 38.5 Å². The van der Waals surface area contributed by atoms with E-state index in [1.165, 1.54) is 12.1 Å². The number of benzene rings is 3. The predicted octanol–water partition coefficient (Wildman–Crippen LogP) is 9.41. The highest BCUT2D eigenvalue weighted by molar-refractivity contribution is 5.71. The molecule has 4 rings (SSSR count). The van der Waals surface area contributed by atoms with Gasteiger partial charge in [0, 0.05) is 16.7 Å². The third-order valence-electron chi connectivity index (χ3n) is 7.09. The van der Waals surface area contributed by atoms with Crippen molar-refractivity contribution in [1.82, 2.24) is 0 Å². The lowest BCUT2D eigenvalue weighted by Crippen LogP contribution is -2.21. The Morgan fingerprint density at radius 3 is 1.97 bits per heavy atom. The summed E-state index contributed by atoms with van der Waals surface area (Å²) in [5.74, 6) is -3.52. The fourth-order valence-electron chi connectivity index (χ4n) is 4.95. The van der Waals surface area contributed by atoms with E-state index >= 15 is 8.78 Å². The monoisotopic (exact) mass is 514 g/mol. The van der Waals surface area contributed by atoms with Crippen LogP contribution < -0.4 is 4.74 Å². The molecule has 0 amide bonds. The summed E-state index contributed by atoms with van der Waals surface area (Å²) in [5.41, 5.74) is 1.28. The number of unbranched alkanes of at least 4 members (excludes halogenated alkanes) is 2. The maximum atomic E-state index is 15.1. The second-order valence-corrected chi connectivity index (χ2v) is 9.76. The van der Waals surface area contributed by atoms with Crippen molar-refractivity contribution in [3.63, 3.8) is 0 Å². The molecule has 198 valence electrons. The Labute approximate surface area is 216 Å². The smallest absolute Gasteiger partial charge is 0.201 e. The minimum atomic E-state index is -1.03. The van der Waals surface area contributed by atoms with Crippen LogP contribution in [0.4, 0.5) is 17.6 Å². The molecule has 0 bridgehead atoms. The molecular weight excluding hydrogens is 480 g/mol. The number of rotatable bonds is 10. The van der Waals surface area contributed by atoms with E-state index in [1.54, 1.807) is 36.4 Å². The molecule has 1 aliphatic heterocycles. The summed E-state index contributed by atoms with van der Waals surface area (Å²) in [7, 11) is 0. The molecule has 1 heterocycles. The van der Waals surface area contributed by atoms with Gasteiger partial charge in [-0.2, -0.15) is 4.39 Å². The van der Waals surface area contributed by atoms with Crippen molar-refractivity contribution in [2.45, 2.75) is 64.9 Å². The molecule has 0 aromatic heterocycles. The third kappa shape index (κ3) is 6.18. The molecule has 6 heteroatoms. The van der Waals surface area contributed by atoms with E-state index in [9.17, 15) is 8.78 Å². The Morgan fingerprint density at radius 2 is 1.38 bits per heavy atom. The van der Waals surface area contributed by atoms with E-state index in [-0.39, 0.29) is 22.4 Å². The zero-order chi connectivity index (χ0) is 26.4. The second kappa shape index (κ2) is 12.6. The fourth-order valence-corrected chi connectivity index (χ4v) is 4.95. The van der Waals surface area contributed by atoms with Crippen LogP contribution in [0.5, 0.6) is 5.75 Å². The highest BCUT2D eigenvalue weighted by Crippen LogP contribution is 2.37. The number of ether oxygens (including phenoxy) is 2. The summed E-state index contributed by atoms with van der Waals surface area (Å²) >= 11 is 0. The molecule has 0 aliphatic carbocycles. The number of hydrogen-bond donors (Lipinski definition) is 0. The SMILES string of the molecule is CCCCCOc1ccc(-c2ccc(-c3ccc(C4CCC(CCC)CO4)c(F)c3F)cc2)c(F)c1F. The van der Waals surface area contributed by atoms with Gasteiger partial charge in [0.2, 0.25) is 5.82 Å². The molecule has 0 saturated carbocycles. The molecule has 0 N–H and O–H groups in total. The van der Waals surface area contributed by atoms with Crippen molar-refractivity contribution in [2.24, 2.45) is 5.92 Å². The quantitative estimate of drug-likeness (QED) is 0.198. The lowest BCUT2D eigenvalue weighted by Gasteiger charge is -2.29. The lowest BCUT2D eigenvalue weighted by molar-refractivity contribution is -0.0214. The topological polar surface area (TPSA) is 18.5 Å². The predicted molar refractivity (Wildman–Crippen MR) is 138 cm³/mol. The van der Waals surface area contributed by atoms with Crippen molar-refractivity contribution in [3.05, 3.63) is 77.4 Å². The van der Waals surface area contributed by atoms with Gasteiger partial charge in [0.1, 0.15) is 0 Å². The summed E-state index contributed by atoms with van der Waals surface area (Å²) in [6.45, 7) is 5.06. The maximum Gasteiger partial charge on any atom is 0.201 e. The molecule has 2 unspecified atom stereocenters. The van der Waals surface area contributed by atoms with Crippen LogP contribution in [0, 0.1) is 29.2 Å². The van der Waals surface area contributed by atoms with Crippen molar-refractivity contribution in [1.29, 1.82) is 0 Å². The van der Waals surface area contributed by atoms with Gasteiger partial charge in [-0.25, -0.2) is 13.2 Å². The van der Waals surface area contributed by atoms with Crippen LogP contribution in [0.2, 0.25) is 0 Å². The highest BCUT2D eigenvalue weighted by atomic mass is 19.2. The molecule has 0 spiro atoms. The van der Waals surface area contributed by atoms with Crippen LogP contribution in [0.15, 0.2) is 48.5 Å². The summed E-state index contributed by atoms with van der Waals surface area (Å²) in [6.07, 6.45) is 6.04. The van der Waals surface area contributed by atoms with E-state index in [0.29, 0.717) is 36.7 Å². The normalized spacial score (nSPS) is 17.7. The first-order valence-corrected chi connectivity index (χ1v) is 13.3. The van der Waals surface area contributed by atoms with Gasteiger partial charge >= 0.3 is 0 Å². The number of hydrogen-bond acceptors (Lipinski definition) is 2. The highest BCUT2D eigenvalue weighted by Gasteiger charge is 2.27. The molecule has 1 aliphatic rings. The van der Waals surface area contributed by atoms with Gasteiger partial charge in [0.15, 0.2) is 23.2 Å². The molecule has 3 aromatic rings. The second-order valence-electron chi connectivity index (χ2n) is 9.76. The van der Waals surface area contributed by atoms with Gasteiger partial charge in [-0.3, -0.25) is 0 Å². The van der Waals surface area contributed by atoms with Crippen LogP contribution in [-0.2, 0) is 4.74 Å². The molecule has 3 aromatic carbocycles. The molecular formula is C31H34F4O2. The third-order valence-corrected chi connectivity index (χ3v) is 7.09. The Hall–Kier alpha value is -2.86. The Morgan fingerprint density at radius 1 is 0.730 bits per heavy atom. The molecule has 2 nitrogen and oxygen atoms in total. The van der Waals surface area contributed by atoms with E-state index in [4.69, 9.17) is 9.47 Å². The van der Waals surface area contributed by atoms with Crippen molar-refractivity contribution in [3.8, 4) is 28.0 Å². The Kier molecular flexibility index (Phi) is 9.25. The largest absolute Gasteiger partial charge is 0.490 e. The van der Waals surface area contributed by atoms with Crippen LogP contribution >= 0.6 is 0 Å².